The van der Waals surface area contributed by atoms with Crippen LogP contribution in [0.3, 0.4) is 0 Å². The Morgan fingerprint density at radius 3 is 2.60 bits per heavy atom. The molecule has 0 aromatic rings. The first-order chi connectivity index (χ1) is 7.05. The summed E-state index contributed by atoms with van der Waals surface area (Å²) >= 11 is 0. The maximum absolute atomic E-state index is 5.86. The molecular formula is C11H18O4. The van der Waals surface area contributed by atoms with E-state index in [-0.39, 0.29) is 18.5 Å². The summed E-state index contributed by atoms with van der Waals surface area (Å²) in [5.41, 5.74) is 0. The molecule has 0 aromatic carbocycles. The van der Waals surface area contributed by atoms with Gasteiger partial charge in [-0.1, -0.05) is 6.92 Å². The van der Waals surface area contributed by atoms with Crippen LogP contribution in [0.4, 0.5) is 0 Å². The average molecular weight is 214 g/mol. The standard InChI is InChI=1S/C11H18O4/c1-6-8(4-7-5-12-7)13-10-9(6)14-11(2,3)15-10/h6-10H,4-5H2,1-3H3/t6-,7?,8+,9+,10+/m0/s1. The summed E-state index contributed by atoms with van der Waals surface area (Å²) < 4.78 is 22.6. The van der Waals surface area contributed by atoms with Crippen molar-refractivity contribution in [1.29, 1.82) is 0 Å². The second-order valence-electron chi connectivity index (χ2n) is 5.19. The van der Waals surface area contributed by atoms with Gasteiger partial charge in [0.25, 0.3) is 0 Å². The van der Waals surface area contributed by atoms with Gasteiger partial charge in [0.2, 0.25) is 0 Å². The molecule has 0 saturated carbocycles. The predicted molar refractivity (Wildman–Crippen MR) is 52.2 cm³/mol. The predicted octanol–water partition coefficient (Wildman–Crippen LogP) is 1.29. The van der Waals surface area contributed by atoms with Gasteiger partial charge in [0, 0.05) is 12.3 Å². The fourth-order valence-corrected chi connectivity index (χ4v) is 2.46. The molecule has 3 aliphatic rings. The molecule has 3 fully saturated rings. The van der Waals surface area contributed by atoms with Gasteiger partial charge in [-0.15, -0.1) is 0 Å². The highest BCUT2D eigenvalue weighted by molar-refractivity contribution is 4.92. The van der Waals surface area contributed by atoms with E-state index in [4.69, 9.17) is 18.9 Å². The zero-order valence-corrected chi connectivity index (χ0v) is 9.43. The van der Waals surface area contributed by atoms with E-state index < -0.39 is 5.79 Å². The van der Waals surface area contributed by atoms with Crippen LogP contribution >= 0.6 is 0 Å². The Morgan fingerprint density at radius 2 is 2.00 bits per heavy atom. The maximum Gasteiger partial charge on any atom is 0.187 e. The number of hydrogen-bond donors (Lipinski definition) is 0. The molecule has 0 amide bonds. The molecule has 3 rings (SSSR count). The third-order valence-corrected chi connectivity index (χ3v) is 3.40. The lowest BCUT2D eigenvalue weighted by atomic mass is 9.97. The van der Waals surface area contributed by atoms with E-state index in [0.29, 0.717) is 12.0 Å². The highest BCUT2D eigenvalue weighted by Crippen LogP contribution is 2.42. The van der Waals surface area contributed by atoms with Crippen LogP contribution in [0.1, 0.15) is 27.2 Å². The molecule has 15 heavy (non-hydrogen) atoms. The molecule has 86 valence electrons. The Labute approximate surface area is 89.8 Å². The molecular weight excluding hydrogens is 196 g/mol. The van der Waals surface area contributed by atoms with E-state index in [1.165, 1.54) is 0 Å². The maximum atomic E-state index is 5.86. The molecule has 0 aromatic heterocycles. The second-order valence-corrected chi connectivity index (χ2v) is 5.19. The van der Waals surface area contributed by atoms with Gasteiger partial charge in [-0.05, 0) is 13.8 Å². The van der Waals surface area contributed by atoms with Crippen molar-refractivity contribution in [2.24, 2.45) is 5.92 Å². The Kier molecular flexibility index (Phi) is 2.12. The van der Waals surface area contributed by atoms with Crippen molar-refractivity contribution in [3.8, 4) is 0 Å². The molecule has 3 aliphatic heterocycles. The fraction of sp³-hybridized carbons (Fsp3) is 1.00. The lowest BCUT2D eigenvalue weighted by Gasteiger charge is -2.23. The number of fused-ring (bicyclic) bond motifs is 1. The Hall–Kier alpha value is -0.160. The van der Waals surface area contributed by atoms with Crippen molar-refractivity contribution in [3.63, 3.8) is 0 Å². The summed E-state index contributed by atoms with van der Waals surface area (Å²) in [6.07, 6.45) is 1.51. The summed E-state index contributed by atoms with van der Waals surface area (Å²) in [7, 11) is 0. The summed E-state index contributed by atoms with van der Waals surface area (Å²) in [6.45, 7) is 6.92. The smallest absolute Gasteiger partial charge is 0.187 e. The van der Waals surface area contributed by atoms with Gasteiger partial charge in [0.15, 0.2) is 12.1 Å². The first-order valence-corrected chi connectivity index (χ1v) is 5.68. The van der Waals surface area contributed by atoms with Gasteiger partial charge in [-0.3, -0.25) is 0 Å². The molecule has 4 nitrogen and oxygen atoms in total. The Balaban J connectivity index is 1.65. The zero-order valence-electron chi connectivity index (χ0n) is 9.43. The lowest BCUT2D eigenvalue weighted by molar-refractivity contribution is -0.210. The minimum absolute atomic E-state index is 0.0868. The fourth-order valence-electron chi connectivity index (χ4n) is 2.46. The highest BCUT2D eigenvalue weighted by atomic mass is 16.8. The van der Waals surface area contributed by atoms with Crippen LogP contribution in [-0.2, 0) is 18.9 Å². The largest absolute Gasteiger partial charge is 0.373 e. The van der Waals surface area contributed by atoms with Crippen LogP contribution < -0.4 is 0 Å². The first kappa shape index (κ1) is 10.0. The summed E-state index contributed by atoms with van der Waals surface area (Å²) in [5.74, 6) is -0.106. The van der Waals surface area contributed by atoms with Crippen LogP contribution in [0.15, 0.2) is 0 Å². The van der Waals surface area contributed by atoms with E-state index in [0.717, 1.165) is 13.0 Å². The average Bonchev–Trinajstić information content (AvgIpc) is 2.83. The number of ether oxygens (including phenoxy) is 4. The molecule has 0 aliphatic carbocycles. The highest BCUT2D eigenvalue weighted by Gasteiger charge is 2.53. The second kappa shape index (κ2) is 3.17. The third-order valence-electron chi connectivity index (χ3n) is 3.40. The van der Waals surface area contributed by atoms with Gasteiger partial charge >= 0.3 is 0 Å². The molecule has 4 heteroatoms. The number of hydrogen-bond acceptors (Lipinski definition) is 4. The van der Waals surface area contributed by atoms with Crippen molar-refractivity contribution in [2.45, 2.75) is 57.6 Å². The lowest BCUT2D eigenvalue weighted by Crippen LogP contribution is -2.29. The molecule has 1 unspecified atom stereocenters. The van der Waals surface area contributed by atoms with Crippen molar-refractivity contribution in [1.82, 2.24) is 0 Å². The number of rotatable bonds is 2. The number of epoxide rings is 1. The van der Waals surface area contributed by atoms with Gasteiger partial charge in [0.05, 0.1) is 18.8 Å². The topological polar surface area (TPSA) is 40.2 Å². The zero-order chi connectivity index (χ0) is 10.6. The third kappa shape index (κ3) is 1.80. The first-order valence-electron chi connectivity index (χ1n) is 5.68. The monoisotopic (exact) mass is 214 g/mol. The Bertz CT molecular complexity index is 261. The van der Waals surface area contributed by atoms with Crippen molar-refractivity contribution >= 4 is 0 Å². The van der Waals surface area contributed by atoms with Crippen molar-refractivity contribution < 1.29 is 18.9 Å². The molecule has 0 bridgehead atoms. The molecule has 5 atom stereocenters. The van der Waals surface area contributed by atoms with Gasteiger partial charge in [0.1, 0.15) is 6.10 Å². The normalized spacial score (nSPS) is 51.8. The van der Waals surface area contributed by atoms with E-state index in [1.54, 1.807) is 0 Å². The van der Waals surface area contributed by atoms with E-state index in [1.807, 2.05) is 13.8 Å². The van der Waals surface area contributed by atoms with Crippen molar-refractivity contribution in [3.05, 3.63) is 0 Å². The molecule has 0 N–H and O–H groups in total. The molecule has 0 radical (unpaired) electrons. The van der Waals surface area contributed by atoms with Gasteiger partial charge < -0.3 is 18.9 Å². The molecule has 0 spiro atoms. The van der Waals surface area contributed by atoms with Crippen LogP contribution in [0.25, 0.3) is 0 Å². The van der Waals surface area contributed by atoms with Crippen LogP contribution in [0.5, 0.6) is 0 Å². The molecule has 3 heterocycles. The van der Waals surface area contributed by atoms with Crippen molar-refractivity contribution in [2.75, 3.05) is 6.61 Å². The van der Waals surface area contributed by atoms with E-state index >= 15 is 0 Å². The molecule has 3 saturated heterocycles. The summed E-state index contributed by atoms with van der Waals surface area (Å²) in [6, 6.07) is 0. The summed E-state index contributed by atoms with van der Waals surface area (Å²) in [4.78, 5) is 0. The minimum atomic E-state index is -0.495. The summed E-state index contributed by atoms with van der Waals surface area (Å²) in [5, 5.41) is 0. The van der Waals surface area contributed by atoms with E-state index in [2.05, 4.69) is 6.92 Å². The van der Waals surface area contributed by atoms with Gasteiger partial charge in [-0.2, -0.15) is 0 Å². The van der Waals surface area contributed by atoms with Crippen LogP contribution in [0.2, 0.25) is 0 Å². The quantitative estimate of drug-likeness (QED) is 0.649. The SMILES string of the molecule is C[C@@H]1[C@H]2OC(C)(C)O[C@H]2O[C@@H]1CC1CO1. The van der Waals surface area contributed by atoms with Crippen LogP contribution in [-0.4, -0.2) is 37.0 Å². The Morgan fingerprint density at radius 1 is 1.27 bits per heavy atom. The minimum Gasteiger partial charge on any atom is -0.373 e. The van der Waals surface area contributed by atoms with Gasteiger partial charge in [-0.25, -0.2) is 0 Å². The van der Waals surface area contributed by atoms with Crippen LogP contribution in [0, 0.1) is 5.92 Å². The van der Waals surface area contributed by atoms with E-state index in [9.17, 15) is 0 Å².